The SMILES string of the molecule is CN(CCC1CC1)C(=O)c1cc(C(=O)O)ccn1. The number of carboxylic acids is 1. The summed E-state index contributed by atoms with van der Waals surface area (Å²) in [6.45, 7) is 0.697. The number of rotatable bonds is 5. The summed E-state index contributed by atoms with van der Waals surface area (Å²) < 4.78 is 0. The third kappa shape index (κ3) is 3.06. The van der Waals surface area contributed by atoms with Crippen LogP contribution in [0.3, 0.4) is 0 Å². The van der Waals surface area contributed by atoms with Crippen molar-refractivity contribution < 1.29 is 14.7 Å². The first-order valence-electron chi connectivity index (χ1n) is 6.02. The molecule has 0 atom stereocenters. The molecule has 1 aliphatic rings. The molecule has 1 aromatic rings. The van der Waals surface area contributed by atoms with Crippen molar-refractivity contribution in [3.63, 3.8) is 0 Å². The van der Waals surface area contributed by atoms with Crippen LogP contribution >= 0.6 is 0 Å². The predicted molar refractivity (Wildman–Crippen MR) is 65.5 cm³/mol. The van der Waals surface area contributed by atoms with Gasteiger partial charge in [-0.05, 0) is 24.5 Å². The Balaban J connectivity index is 2.02. The van der Waals surface area contributed by atoms with Crippen LogP contribution in [0.1, 0.15) is 40.1 Å². The fourth-order valence-corrected chi connectivity index (χ4v) is 1.76. The molecule has 0 aliphatic heterocycles. The Bertz CT molecular complexity index is 469. The van der Waals surface area contributed by atoms with Crippen molar-refractivity contribution in [1.29, 1.82) is 0 Å². The molecule has 96 valence electrons. The minimum atomic E-state index is -1.05. The van der Waals surface area contributed by atoms with Crippen LogP contribution in [0.5, 0.6) is 0 Å². The van der Waals surface area contributed by atoms with E-state index in [-0.39, 0.29) is 17.2 Å². The quantitative estimate of drug-likeness (QED) is 0.860. The summed E-state index contributed by atoms with van der Waals surface area (Å²) in [5, 5.41) is 8.86. The second kappa shape index (κ2) is 5.16. The van der Waals surface area contributed by atoms with Gasteiger partial charge in [-0.1, -0.05) is 12.8 Å². The standard InChI is InChI=1S/C13H16N2O3/c1-15(7-5-9-2-3-9)12(16)11-8-10(13(17)18)4-6-14-11/h4,6,8-9H,2-3,5,7H2,1H3,(H,17,18). The van der Waals surface area contributed by atoms with Gasteiger partial charge in [0.2, 0.25) is 0 Å². The first-order chi connectivity index (χ1) is 8.58. The monoisotopic (exact) mass is 248 g/mol. The number of carboxylic acid groups (broad SMARTS) is 1. The number of aromatic nitrogens is 1. The molecule has 0 spiro atoms. The zero-order valence-corrected chi connectivity index (χ0v) is 10.3. The fraction of sp³-hybridized carbons (Fsp3) is 0.462. The Morgan fingerprint density at radius 3 is 2.83 bits per heavy atom. The van der Waals surface area contributed by atoms with E-state index in [1.807, 2.05) is 0 Å². The number of carbonyl (C=O) groups is 2. The van der Waals surface area contributed by atoms with E-state index < -0.39 is 5.97 Å². The van der Waals surface area contributed by atoms with E-state index in [2.05, 4.69) is 4.98 Å². The van der Waals surface area contributed by atoms with Gasteiger partial charge in [0, 0.05) is 19.8 Å². The molecule has 0 aromatic carbocycles. The molecule has 0 radical (unpaired) electrons. The molecule has 0 saturated heterocycles. The lowest BCUT2D eigenvalue weighted by molar-refractivity contribution is 0.0696. The van der Waals surface area contributed by atoms with E-state index in [4.69, 9.17) is 5.11 Å². The molecule has 1 heterocycles. The van der Waals surface area contributed by atoms with Crippen molar-refractivity contribution in [1.82, 2.24) is 9.88 Å². The molecule has 1 saturated carbocycles. The average molecular weight is 248 g/mol. The van der Waals surface area contributed by atoms with E-state index in [1.165, 1.54) is 31.2 Å². The molecular weight excluding hydrogens is 232 g/mol. The van der Waals surface area contributed by atoms with E-state index in [0.717, 1.165) is 12.3 Å². The van der Waals surface area contributed by atoms with Gasteiger partial charge in [0.05, 0.1) is 5.56 Å². The molecule has 1 aromatic heterocycles. The van der Waals surface area contributed by atoms with E-state index >= 15 is 0 Å². The summed E-state index contributed by atoms with van der Waals surface area (Å²) in [5.41, 5.74) is 0.275. The smallest absolute Gasteiger partial charge is 0.335 e. The number of carbonyl (C=O) groups excluding carboxylic acids is 1. The maximum atomic E-state index is 12.0. The van der Waals surface area contributed by atoms with Gasteiger partial charge in [0.15, 0.2) is 0 Å². The van der Waals surface area contributed by atoms with Crippen LogP contribution in [-0.2, 0) is 0 Å². The Morgan fingerprint density at radius 2 is 2.22 bits per heavy atom. The molecule has 2 rings (SSSR count). The number of hydrogen-bond donors (Lipinski definition) is 1. The number of pyridine rings is 1. The Kier molecular flexibility index (Phi) is 3.60. The molecule has 1 N–H and O–H groups in total. The van der Waals surface area contributed by atoms with Gasteiger partial charge in [-0.3, -0.25) is 9.78 Å². The lowest BCUT2D eigenvalue weighted by Gasteiger charge is -2.16. The topological polar surface area (TPSA) is 70.5 Å². The van der Waals surface area contributed by atoms with Crippen molar-refractivity contribution in [2.45, 2.75) is 19.3 Å². The predicted octanol–water partition coefficient (Wildman–Crippen LogP) is 1.65. The minimum Gasteiger partial charge on any atom is -0.478 e. The maximum Gasteiger partial charge on any atom is 0.335 e. The fourth-order valence-electron chi connectivity index (χ4n) is 1.76. The van der Waals surface area contributed by atoms with Crippen molar-refractivity contribution in [2.24, 2.45) is 5.92 Å². The summed E-state index contributed by atoms with van der Waals surface area (Å²) >= 11 is 0. The highest BCUT2D eigenvalue weighted by molar-refractivity contribution is 5.95. The molecule has 1 fully saturated rings. The summed E-state index contributed by atoms with van der Waals surface area (Å²) in [7, 11) is 1.72. The second-order valence-electron chi connectivity index (χ2n) is 4.69. The van der Waals surface area contributed by atoms with Gasteiger partial charge in [-0.2, -0.15) is 0 Å². The van der Waals surface area contributed by atoms with Gasteiger partial charge < -0.3 is 10.0 Å². The first kappa shape index (κ1) is 12.5. The number of hydrogen-bond acceptors (Lipinski definition) is 3. The number of aromatic carboxylic acids is 1. The largest absolute Gasteiger partial charge is 0.478 e. The lowest BCUT2D eigenvalue weighted by Crippen LogP contribution is -2.29. The van der Waals surface area contributed by atoms with Gasteiger partial charge in [0.1, 0.15) is 5.69 Å². The van der Waals surface area contributed by atoms with Crippen molar-refractivity contribution in [2.75, 3.05) is 13.6 Å². The van der Waals surface area contributed by atoms with Crippen LogP contribution < -0.4 is 0 Å². The Hall–Kier alpha value is -1.91. The van der Waals surface area contributed by atoms with Crippen LogP contribution in [0.25, 0.3) is 0 Å². The number of amides is 1. The van der Waals surface area contributed by atoms with Crippen LogP contribution in [0, 0.1) is 5.92 Å². The second-order valence-corrected chi connectivity index (χ2v) is 4.69. The number of nitrogens with zero attached hydrogens (tertiary/aromatic N) is 2. The molecule has 5 heteroatoms. The third-order valence-electron chi connectivity index (χ3n) is 3.14. The van der Waals surface area contributed by atoms with Gasteiger partial charge in [0.25, 0.3) is 5.91 Å². The Labute approximate surface area is 105 Å². The first-order valence-corrected chi connectivity index (χ1v) is 6.02. The summed E-state index contributed by atoms with van der Waals surface area (Å²) in [4.78, 5) is 28.4. The molecule has 18 heavy (non-hydrogen) atoms. The normalized spacial score (nSPS) is 14.3. The Morgan fingerprint density at radius 1 is 1.50 bits per heavy atom. The van der Waals surface area contributed by atoms with Crippen molar-refractivity contribution in [3.8, 4) is 0 Å². The molecule has 0 bridgehead atoms. The third-order valence-corrected chi connectivity index (χ3v) is 3.14. The summed E-state index contributed by atoms with van der Waals surface area (Å²) in [5.74, 6) is -0.510. The molecular formula is C13H16N2O3. The zero-order chi connectivity index (χ0) is 13.1. The maximum absolute atomic E-state index is 12.0. The van der Waals surface area contributed by atoms with Crippen molar-refractivity contribution in [3.05, 3.63) is 29.6 Å². The average Bonchev–Trinajstić information content (AvgIpc) is 3.19. The summed E-state index contributed by atoms with van der Waals surface area (Å²) in [6, 6.07) is 2.70. The van der Waals surface area contributed by atoms with Crippen LogP contribution in [0.15, 0.2) is 18.3 Å². The molecule has 0 unspecified atom stereocenters. The van der Waals surface area contributed by atoms with Crippen LogP contribution in [0.4, 0.5) is 0 Å². The zero-order valence-electron chi connectivity index (χ0n) is 10.3. The van der Waals surface area contributed by atoms with Gasteiger partial charge in [-0.15, -0.1) is 0 Å². The highest BCUT2D eigenvalue weighted by Gasteiger charge is 2.23. The minimum absolute atomic E-state index is 0.0870. The van der Waals surface area contributed by atoms with Crippen LogP contribution in [-0.4, -0.2) is 40.5 Å². The van der Waals surface area contributed by atoms with E-state index in [9.17, 15) is 9.59 Å². The molecule has 1 amide bonds. The molecule has 5 nitrogen and oxygen atoms in total. The van der Waals surface area contributed by atoms with Gasteiger partial charge >= 0.3 is 5.97 Å². The van der Waals surface area contributed by atoms with Gasteiger partial charge in [-0.25, -0.2) is 4.79 Å². The highest BCUT2D eigenvalue weighted by atomic mass is 16.4. The van der Waals surface area contributed by atoms with E-state index in [0.29, 0.717) is 6.54 Å². The van der Waals surface area contributed by atoms with Crippen molar-refractivity contribution >= 4 is 11.9 Å². The lowest BCUT2D eigenvalue weighted by atomic mass is 10.2. The van der Waals surface area contributed by atoms with Crippen LogP contribution in [0.2, 0.25) is 0 Å². The molecule has 1 aliphatic carbocycles. The highest BCUT2D eigenvalue weighted by Crippen LogP contribution is 2.32. The summed E-state index contributed by atoms with van der Waals surface area (Å²) in [6.07, 6.45) is 4.88. The van der Waals surface area contributed by atoms with E-state index in [1.54, 1.807) is 11.9 Å².